The zero-order chi connectivity index (χ0) is 16.0. The molecule has 0 rings (SSSR count). The number of hydrogen-bond acceptors (Lipinski definition) is 5. The summed E-state index contributed by atoms with van der Waals surface area (Å²) in [5, 5.41) is 11.5. The Morgan fingerprint density at radius 3 is 2.10 bits per heavy atom. The third-order valence-electron chi connectivity index (χ3n) is 3.61. The van der Waals surface area contributed by atoms with Crippen molar-refractivity contribution in [1.82, 2.24) is 5.32 Å². The highest BCUT2D eigenvalue weighted by Gasteiger charge is 2.35. The van der Waals surface area contributed by atoms with Gasteiger partial charge in [0.2, 0.25) is 5.91 Å². The molecule has 4 N–H and O–H groups in total. The second-order valence-corrected chi connectivity index (χ2v) is 7.23. The molecule has 0 aromatic rings. The number of carboxylic acid groups (broad SMARTS) is 1. The van der Waals surface area contributed by atoms with Crippen LogP contribution >= 0.6 is 0 Å². The van der Waals surface area contributed by atoms with Gasteiger partial charge < -0.3 is 16.2 Å². The van der Waals surface area contributed by atoms with E-state index >= 15 is 0 Å². The topological polar surface area (TPSA) is 127 Å². The van der Waals surface area contributed by atoms with Crippen molar-refractivity contribution in [3.05, 3.63) is 0 Å². The van der Waals surface area contributed by atoms with Crippen molar-refractivity contribution < 1.29 is 23.1 Å². The maximum absolute atomic E-state index is 12.2. The second kappa shape index (κ2) is 7.58. The lowest BCUT2D eigenvalue weighted by Gasteiger charge is -2.30. The highest BCUT2D eigenvalue weighted by Crippen LogP contribution is 2.25. The van der Waals surface area contributed by atoms with Gasteiger partial charge >= 0.3 is 5.97 Å². The largest absolute Gasteiger partial charge is 0.480 e. The van der Waals surface area contributed by atoms with E-state index in [-0.39, 0.29) is 18.7 Å². The van der Waals surface area contributed by atoms with Gasteiger partial charge in [-0.05, 0) is 19.3 Å². The van der Waals surface area contributed by atoms with Crippen LogP contribution < -0.4 is 11.1 Å². The number of sulfone groups is 1. The van der Waals surface area contributed by atoms with Crippen molar-refractivity contribution >= 4 is 21.7 Å². The van der Waals surface area contributed by atoms with Crippen molar-refractivity contribution in [2.75, 3.05) is 18.6 Å². The first-order valence-corrected chi connectivity index (χ1v) is 8.59. The molecule has 20 heavy (non-hydrogen) atoms. The fraction of sp³-hybridized carbons (Fsp3) is 0.833. The molecule has 0 fully saturated rings. The maximum atomic E-state index is 12.2. The van der Waals surface area contributed by atoms with Gasteiger partial charge in [-0.1, -0.05) is 13.8 Å². The van der Waals surface area contributed by atoms with E-state index in [1.165, 1.54) is 0 Å². The number of carbonyl (C=O) groups is 2. The van der Waals surface area contributed by atoms with Crippen LogP contribution in [0.2, 0.25) is 0 Å². The molecule has 1 unspecified atom stereocenters. The summed E-state index contributed by atoms with van der Waals surface area (Å²) in [5.41, 5.74) is 4.81. The Labute approximate surface area is 119 Å². The van der Waals surface area contributed by atoms with E-state index in [0.29, 0.717) is 12.8 Å². The Hall–Kier alpha value is -1.15. The molecule has 0 spiro atoms. The van der Waals surface area contributed by atoms with E-state index in [4.69, 9.17) is 10.8 Å². The van der Waals surface area contributed by atoms with Crippen molar-refractivity contribution in [1.29, 1.82) is 0 Å². The lowest BCUT2D eigenvalue weighted by molar-refractivity contribution is -0.144. The minimum Gasteiger partial charge on any atom is -0.480 e. The van der Waals surface area contributed by atoms with E-state index in [9.17, 15) is 18.0 Å². The minimum atomic E-state index is -3.28. The number of carboxylic acids is 1. The fourth-order valence-electron chi connectivity index (χ4n) is 1.85. The first kappa shape index (κ1) is 18.9. The van der Waals surface area contributed by atoms with Crippen LogP contribution in [0.4, 0.5) is 0 Å². The Kier molecular flexibility index (Phi) is 7.15. The number of nitrogens with one attached hydrogen (secondary N) is 1. The van der Waals surface area contributed by atoms with Gasteiger partial charge in [-0.3, -0.25) is 4.79 Å². The van der Waals surface area contributed by atoms with Crippen LogP contribution in [0, 0.1) is 5.41 Å². The van der Waals surface area contributed by atoms with E-state index in [0.717, 1.165) is 6.26 Å². The Bertz CT molecular complexity index is 434. The SMILES string of the molecule is CCC(CC)(CN)C(=O)NC(CCS(C)(=O)=O)C(=O)O. The molecule has 0 aromatic heterocycles. The van der Waals surface area contributed by atoms with Gasteiger partial charge in [0.25, 0.3) is 0 Å². The van der Waals surface area contributed by atoms with Crippen molar-refractivity contribution in [3.8, 4) is 0 Å². The molecule has 0 aliphatic carbocycles. The van der Waals surface area contributed by atoms with Crippen LogP contribution in [-0.2, 0) is 19.4 Å². The highest BCUT2D eigenvalue weighted by atomic mass is 32.2. The summed E-state index contributed by atoms with van der Waals surface area (Å²) in [7, 11) is -3.28. The van der Waals surface area contributed by atoms with Gasteiger partial charge in [-0.15, -0.1) is 0 Å². The quantitative estimate of drug-likeness (QED) is 0.539. The Balaban J connectivity index is 4.91. The molecule has 1 atom stereocenters. The molecule has 118 valence electrons. The number of nitrogens with two attached hydrogens (primary N) is 1. The Morgan fingerprint density at radius 1 is 1.30 bits per heavy atom. The van der Waals surface area contributed by atoms with Crippen LogP contribution in [-0.4, -0.2) is 50.0 Å². The number of carbonyl (C=O) groups excluding carboxylic acids is 1. The third-order valence-corrected chi connectivity index (χ3v) is 4.58. The van der Waals surface area contributed by atoms with Crippen molar-refractivity contribution in [2.24, 2.45) is 11.1 Å². The summed E-state index contributed by atoms with van der Waals surface area (Å²) < 4.78 is 22.2. The van der Waals surface area contributed by atoms with Crippen LogP contribution in [0.25, 0.3) is 0 Å². The summed E-state index contributed by atoms with van der Waals surface area (Å²) in [5.74, 6) is -1.98. The van der Waals surface area contributed by atoms with E-state index in [1.807, 2.05) is 13.8 Å². The smallest absolute Gasteiger partial charge is 0.326 e. The number of aliphatic carboxylic acids is 1. The first-order chi connectivity index (χ1) is 9.11. The third kappa shape index (κ3) is 5.46. The van der Waals surface area contributed by atoms with E-state index < -0.39 is 33.2 Å². The molecule has 0 aromatic carbocycles. The second-order valence-electron chi connectivity index (χ2n) is 4.97. The molecule has 0 aliphatic heterocycles. The molecule has 0 saturated heterocycles. The van der Waals surface area contributed by atoms with Gasteiger partial charge in [0, 0.05) is 12.8 Å². The molecule has 0 saturated carbocycles. The predicted octanol–water partition coefficient (Wildman–Crippen LogP) is -0.244. The standard InChI is InChI=1S/C12H24N2O5S/c1-4-12(5-2,8-13)11(17)14-9(10(15)16)6-7-20(3,18)19/h9H,4-8,13H2,1-3H3,(H,14,17)(H,15,16). The molecule has 7 nitrogen and oxygen atoms in total. The molecular weight excluding hydrogens is 284 g/mol. The monoisotopic (exact) mass is 308 g/mol. The van der Waals surface area contributed by atoms with Crippen LogP contribution in [0.5, 0.6) is 0 Å². The lowest BCUT2D eigenvalue weighted by atomic mass is 9.81. The van der Waals surface area contributed by atoms with E-state index in [2.05, 4.69) is 5.32 Å². The number of amides is 1. The molecule has 1 amide bonds. The average molecular weight is 308 g/mol. The van der Waals surface area contributed by atoms with Crippen molar-refractivity contribution in [2.45, 2.75) is 39.2 Å². The predicted molar refractivity (Wildman–Crippen MR) is 76.0 cm³/mol. The summed E-state index contributed by atoms with van der Waals surface area (Å²) in [6.45, 7) is 3.73. The molecular formula is C12H24N2O5S. The average Bonchev–Trinajstić information content (AvgIpc) is 2.35. The van der Waals surface area contributed by atoms with Crippen LogP contribution in [0.3, 0.4) is 0 Å². The van der Waals surface area contributed by atoms with E-state index in [1.54, 1.807) is 0 Å². The van der Waals surface area contributed by atoms with Crippen molar-refractivity contribution in [3.63, 3.8) is 0 Å². The molecule has 0 bridgehead atoms. The van der Waals surface area contributed by atoms with Crippen LogP contribution in [0.15, 0.2) is 0 Å². The summed E-state index contributed by atoms with van der Waals surface area (Å²) in [4.78, 5) is 23.3. The zero-order valence-corrected chi connectivity index (χ0v) is 13.0. The summed E-state index contributed by atoms with van der Waals surface area (Å²) >= 11 is 0. The van der Waals surface area contributed by atoms with Crippen LogP contribution in [0.1, 0.15) is 33.1 Å². The van der Waals surface area contributed by atoms with Gasteiger partial charge in [0.1, 0.15) is 15.9 Å². The molecule has 0 radical (unpaired) electrons. The maximum Gasteiger partial charge on any atom is 0.326 e. The molecule has 0 aliphatic rings. The minimum absolute atomic E-state index is 0.115. The molecule has 0 heterocycles. The lowest BCUT2D eigenvalue weighted by Crippen LogP contribution is -2.51. The van der Waals surface area contributed by atoms with Gasteiger partial charge in [-0.25, -0.2) is 13.2 Å². The molecule has 8 heteroatoms. The Morgan fingerprint density at radius 2 is 1.80 bits per heavy atom. The number of rotatable bonds is 9. The van der Waals surface area contributed by atoms with Gasteiger partial charge in [0.05, 0.1) is 11.2 Å². The summed E-state index contributed by atoms with van der Waals surface area (Å²) in [6, 6.07) is -1.22. The van der Waals surface area contributed by atoms with Gasteiger partial charge in [0.15, 0.2) is 0 Å². The normalized spacial score (nSPS) is 13.8. The fourth-order valence-corrected chi connectivity index (χ4v) is 2.52. The van der Waals surface area contributed by atoms with Gasteiger partial charge in [-0.2, -0.15) is 0 Å². The summed E-state index contributed by atoms with van der Waals surface area (Å²) in [6.07, 6.45) is 1.85. The zero-order valence-electron chi connectivity index (χ0n) is 12.2. The highest BCUT2D eigenvalue weighted by molar-refractivity contribution is 7.90. The number of hydrogen-bond donors (Lipinski definition) is 3. The first-order valence-electron chi connectivity index (χ1n) is 6.53.